The number of sulfonamides is 1. The second-order valence-corrected chi connectivity index (χ2v) is 17.2. The predicted octanol–water partition coefficient (Wildman–Crippen LogP) is 5.03. The van der Waals surface area contributed by atoms with Crippen molar-refractivity contribution < 1.29 is 31.5 Å². The number of nitrogens with zero attached hydrogens (tertiary/aromatic N) is 1. The second kappa shape index (κ2) is 11.1. The van der Waals surface area contributed by atoms with Gasteiger partial charge in [0.2, 0.25) is 10.0 Å². The van der Waals surface area contributed by atoms with E-state index in [1.165, 1.54) is 19.2 Å². The molecular weight excluding hydrogens is 477 g/mol. The van der Waals surface area contributed by atoms with E-state index in [0.29, 0.717) is 32.3 Å². The summed E-state index contributed by atoms with van der Waals surface area (Å²) in [6.07, 6.45) is 1.74. The average molecular weight is 518 g/mol. The Morgan fingerprint density at radius 3 is 2.53 bits per heavy atom. The number of methoxy groups -OCH3 is 1. The number of ether oxygens (including phenoxy) is 2. The Kier molecular flexibility index (Phi) is 9.34. The molecule has 1 heterocycles. The molecule has 0 aromatic heterocycles. The minimum absolute atomic E-state index is 0.112. The van der Waals surface area contributed by atoms with Crippen LogP contribution in [0.15, 0.2) is 17.0 Å². The number of hydrogen-bond acceptors (Lipinski definition) is 6. The monoisotopic (exact) mass is 517 g/mol. The van der Waals surface area contributed by atoms with Gasteiger partial charge in [-0.25, -0.2) is 12.8 Å². The molecule has 0 unspecified atom stereocenters. The summed E-state index contributed by atoms with van der Waals surface area (Å²) in [4.78, 5) is 11.9. The van der Waals surface area contributed by atoms with Crippen LogP contribution in [0.25, 0.3) is 0 Å². The van der Waals surface area contributed by atoms with Crippen LogP contribution in [0.5, 0.6) is 5.75 Å². The van der Waals surface area contributed by atoms with Crippen molar-refractivity contribution in [2.75, 3.05) is 20.3 Å². The highest BCUT2D eigenvalue weighted by atomic mass is 32.2. The zero-order valence-electron chi connectivity index (χ0n) is 21.7. The Labute approximate surface area is 205 Å². The lowest BCUT2D eigenvalue weighted by atomic mass is 10.2. The van der Waals surface area contributed by atoms with Crippen LogP contribution in [0, 0.1) is 12.7 Å². The summed E-state index contributed by atoms with van der Waals surface area (Å²) in [6.45, 7) is 15.0. The molecule has 2 atom stereocenters. The topological polar surface area (TPSA) is 82.1 Å². The molecule has 1 fully saturated rings. The molecule has 1 saturated heterocycles. The zero-order valence-corrected chi connectivity index (χ0v) is 23.6. The molecule has 0 bridgehead atoms. The highest BCUT2D eigenvalue weighted by molar-refractivity contribution is 7.89. The quantitative estimate of drug-likeness (QED) is 0.246. The van der Waals surface area contributed by atoms with Gasteiger partial charge in [-0.3, -0.25) is 4.79 Å². The molecule has 34 heavy (non-hydrogen) atoms. The number of esters is 1. The van der Waals surface area contributed by atoms with E-state index in [2.05, 4.69) is 33.9 Å². The van der Waals surface area contributed by atoms with Crippen LogP contribution in [0.4, 0.5) is 4.39 Å². The van der Waals surface area contributed by atoms with Crippen molar-refractivity contribution in [3.05, 3.63) is 23.5 Å². The standard InChI is InChI=1S/C24H40FNO6SSi/c1-17-13-14-20(33(28,29)26-15-9-12-19(26)23(27)30-6)22(21(17)25)32-18(2)11-10-16-31-34(7,8)24(3,4)5/h13-14,18-19H,9-12,15-16H2,1-8H3/t18-,19+/m1/s1. The predicted molar refractivity (Wildman–Crippen MR) is 133 cm³/mol. The summed E-state index contributed by atoms with van der Waals surface area (Å²) in [6, 6.07) is 1.84. The van der Waals surface area contributed by atoms with Crippen molar-refractivity contribution in [3.8, 4) is 5.75 Å². The van der Waals surface area contributed by atoms with Gasteiger partial charge in [-0.1, -0.05) is 26.8 Å². The van der Waals surface area contributed by atoms with E-state index in [-0.39, 0.29) is 27.8 Å². The van der Waals surface area contributed by atoms with Gasteiger partial charge in [0.25, 0.3) is 0 Å². The first-order chi connectivity index (χ1) is 15.6. The summed E-state index contributed by atoms with van der Waals surface area (Å²) in [5.41, 5.74) is 0.286. The van der Waals surface area contributed by atoms with Gasteiger partial charge in [0.1, 0.15) is 10.9 Å². The second-order valence-electron chi connectivity index (χ2n) is 10.5. The number of hydrogen-bond donors (Lipinski definition) is 0. The molecule has 0 N–H and O–H groups in total. The third-order valence-electron chi connectivity index (χ3n) is 6.86. The third-order valence-corrected chi connectivity index (χ3v) is 13.3. The van der Waals surface area contributed by atoms with Crippen LogP contribution < -0.4 is 4.74 Å². The van der Waals surface area contributed by atoms with Gasteiger partial charge in [0, 0.05) is 13.2 Å². The van der Waals surface area contributed by atoms with Gasteiger partial charge >= 0.3 is 5.97 Å². The summed E-state index contributed by atoms with van der Waals surface area (Å²) < 4.78 is 60.0. The largest absolute Gasteiger partial charge is 0.486 e. The van der Waals surface area contributed by atoms with E-state index < -0.39 is 42.3 Å². The van der Waals surface area contributed by atoms with Crippen LogP contribution in [0.2, 0.25) is 18.1 Å². The van der Waals surface area contributed by atoms with E-state index in [9.17, 15) is 13.2 Å². The van der Waals surface area contributed by atoms with Gasteiger partial charge in [0.15, 0.2) is 19.9 Å². The Balaban J connectivity index is 2.19. The number of benzene rings is 1. The molecule has 0 radical (unpaired) electrons. The molecule has 1 aliphatic heterocycles. The molecule has 7 nitrogen and oxygen atoms in total. The van der Waals surface area contributed by atoms with Crippen molar-refractivity contribution in [2.24, 2.45) is 0 Å². The molecule has 2 rings (SSSR count). The Hall–Kier alpha value is -1.49. The number of carbonyl (C=O) groups is 1. The average Bonchev–Trinajstić information content (AvgIpc) is 3.24. The van der Waals surface area contributed by atoms with Gasteiger partial charge in [-0.15, -0.1) is 0 Å². The van der Waals surface area contributed by atoms with Gasteiger partial charge < -0.3 is 13.9 Å². The smallest absolute Gasteiger partial charge is 0.324 e. The maximum absolute atomic E-state index is 15.1. The minimum Gasteiger partial charge on any atom is -0.486 e. The fourth-order valence-electron chi connectivity index (χ4n) is 3.65. The van der Waals surface area contributed by atoms with E-state index >= 15 is 4.39 Å². The van der Waals surface area contributed by atoms with E-state index in [0.717, 1.165) is 4.31 Å². The number of aryl methyl sites for hydroxylation is 1. The van der Waals surface area contributed by atoms with Crippen LogP contribution in [-0.2, 0) is 24.0 Å². The molecule has 1 aliphatic rings. The molecular formula is C24H40FNO6SSi. The number of rotatable bonds is 10. The fraction of sp³-hybridized carbons (Fsp3) is 0.708. The first-order valence-electron chi connectivity index (χ1n) is 11.8. The summed E-state index contributed by atoms with van der Waals surface area (Å²) in [5.74, 6) is -1.63. The maximum Gasteiger partial charge on any atom is 0.324 e. The van der Waals surface area contributed by atoms with Crippen molar-refractivity contribution >= 4 is 24.3 Å². The lowest BCUT2D eigenvalue weighted by molar-refractivity contribution is -0.144. The number of halogens is 1. The first kappa shape index (κ1) is 28.7. The fourth-order valence-corrected chi connectivity index (χ4v) is 6.50. The highest BCUT2D eigenvalue weighted by Crippen LogP contribution is 2.37. The molecule has 0 aliphatic carbocycles. The molecule has 1 aromatic rings. The van der Waals surface area contributed by atoms with Gasteiger partial charge in [-0.2, -0.15) is 4.31 Å². The molecule has 0 saturated carbocycles. The van der Waals surface area contributed by atoms with E-state index in [1.54, 1.807) is 13.8 Å². The molecule has 0 amide bonds. The Morgan fingerprint density at radius 1 is 1.29 bits per heavy atom. The summed E-state index contributed by atoms with van der Waals surface area (Å²) in [5, 5.41) is 0.112. The summed E-state index contributed by atoms with van der Waals surface area (Å²) in [7, 11) is -4.81. The zero-order chi connectivity index (χ0) is 25.9. The molecule has 1 aromatic carbocycles. The Bertz CT molecular complexity index is 976. The lowest BCUT2D eigenvalue weighted by Crippen LogP contribution is -2.41. The van der Waals surface area contributed by atoms with Crippen molar-refractivity contribution in [3.63, 3.8) is 0 Å². The molecule has 0 spiro atoms. The highest BCUT2D eigenvalue weighted by Gasteiger charge is 2.42. The van der Waals surface area contributed by atoms with Gasteiger partial charge in [0.05, 0.1) is 13.2 Å². The van der Waals surface area contributed by atoms with Crippen LogP contribution in [0.1, 0.15) is 58.9 Å². The van der Waals surface area contributed by atoms with E-state index in [1.807, 2.05) is 0 Å². The Morgan fingerprint density at radius 2 is 1.94 bits per heavy atom. The van der Waals surface area contributed by atoms with Gasteiger partial charge in [-0.05, 0) is 69.3 Å². The normalized spacial score (nSPS) is 18.7. The number of carbonyl (C=O) groups excluding carboxylic acids is 1. The van der Waals surface area contributed by atoms with Crippen LogP contribution >= 0.6 is 0 Å². The molecule has 10 heteroatoms. The van der Waals surface area contributed by atoms with Crippen molar-refractivity contribution in [2.45, 2.75) is 95.5 Å². The minimum atomic E-state index is -4.17. The third kappa shape index (κ3) is 6.38. The van der Waals surface area contributed by atoms with Crippen LogP contribution in [0.3, 0.4) is 0 Å². The molecule has 194 valence electrons. The van der Waals surface area contributed by atoms with E-state index in [4.69, 9.17) is 13.9 Å². The SMILES string of the molecule is COC(=O)[C@@H]1CCCN1S(=O)(=O)c1ccc(C)c(F)c1O[C@H](C)CCCO[Si](C)(C)C(C)(C)C. The summed E-state index contributed by atoms with van der Waals surface area (Å²) >= 11 is 0. The van der Waals surface area contributed by atoms with Crippen LogP contribution in [-0.4, -0.2) is 59.4 Å². The van der Waals surface area contributed by atoms with Crippen molar-refractivity contribution in [1.29, 1.82) is 0 Å². The maximum atomic E-state index is 15.1. The first-order valence-corrected chi connectivity index (χ1v) is 16.2. The lowest BCUT2D eigenvalue weighted by Gasteiger charge is -2.36. The van der Waals surface area contributed by atoms with Crippen molar-refractivity contribution in [1.82, 2.24) is 4.31 Å².